The van der Waals surface area contributed by atoms with Gasteiger partial charge in [0.2, 0.25) is 0 Å². The van der Waals surface area contributed by atoms with E-state index in [1.807, 2.05) is 0 Å². The van der Waals surface area contributed by atoms with Gasteiger partial charge in [-0.3, -0.25) is 0 Å². The third kappa shape index (κ3) is 4.59. The zero-order chi connectivity index (χ0) is 11.0. The molecule has 0 spiro atoms. The molecule has 0 aliphatic heterocycles. The van der Waals surface area contributed by atoms with Gasteiger partial charge in [-0.1, -0.05) is 30.3 Å². The van der Waals surface area contributed by atoms with Crippen molar-refractivity contribution in [1.29, 1.82) is 0 Å². The van der Waals surface area contributed by atoms with Gasteiger partial charge in [-0.2, -0.15) is 0 Å². The molecule has 0 saturated heterocycles. The van der Waals surface area contributed by atoms with Crippen molar-refractivity contribution < 1.29 is 19.7 Å². The molecule has 1 aromatic rings. The lowest BCUT2D eigenvalue weighted by molar-refractivity contribution is -0.146. The van der Waals surface area contributed by atoms with E-state index in [0.717, 1.165) is 0 Å². The topological polar surface area (TPSA) is 66.8 Å². The molecule has 2 N–H and O–H groups in total. The van der Waals surface area contributed by atoms with Crippen LogP contribution in [0.3, 0.4) is 0 Å². The largest absolute Gasteiger partial charge is 0.479 e. The molecule has 0 radical (unpaired) electrons. The summed E-state index contributed by atoms with van der Waals surface area (Å²) in [5, 5.41) is 17.4. The summed E-state index contributed by atoms with van der Waals surface area (Å²) in [5.74, 6) is -1.23. The van der Waals surface area contributed by atoms with Crippen molar-refractivity contribution in [3.8, 4) is 0 Å². The molecule has 1 atom stereocenters. The van der Waals surface area contributed by atoms with Crippen LogP contribution in [0.4, 0.5) is 0 Å². The van der Waals surface area contributed by atoms with Gasteiger partial charge in [0.1, 0.15) is 0 Å². The molecular weight excluding hydrogens is 184 g/mol. The average Bonchev–Trinajstić information content (AvgIpc) is 2.19. The number of rotatable bonds is 2. The van der Waals surface area contributed by atoms with Crippen LogP contribution in [0.2, 0.25) is 0 Å². The van der Waals surface area contributed by atoms with E-state index >= 15 is 0 Å². The second-order valence-corrected chi connectivity index (χ2v) is 2.56. The highest BCUT2D eigenvalue weighted by molar-refractivity contribution is 5.73. The summed E-state index contributed by atoms with van der Waals surface area (Å²) < 4.78 is 4.25. The summed E-state index contributed by atoms with van der Waals surface area (Å²) in [6.07, 6.45) is -1.41. The average molecular weight is 198 g/mol. The van der Waals surface area contributed by atoms with Crippen molar-refractivity contribution in [2.24, 2.45) is 0 Å². The van der Waals surface area contributed by atoms with Gasteiger partial charge in [-0.05, 0) is 5.56 Å². The Hall–Kier alpha value is -1.39. The van der Waals surface area contributed by atoms with Gasteiger partial charge < -0.3 is 14.9 Å². The molecular formula is C10H14O4. The number of carboxylic acids is 1. The molecule has 1 aromatic carbocycles. The molecule has 0 fully saturated rings. The van der Waals surface area contributed by atoms with Crippen LogP contribution < -0.4 is 0 Å². The summed E-state index contributed by atoms with van der Waals surface area (Å²) in [4.78, 5) is 10.2. The highest BCUT2D eigenvalue weighted by Crippen LogP contribution is 2.10. The van der Waals surface area contributed by atoms with Crippen molar-refractivity contribution in [1.82, 2.24) is 0 Å². The van der Waals surface area contributed by atoms with Gasteiger partial charge >= 0.3 is 5.97 Å². The maximum atomic E-state index is 10.2. The third-order valence-electron chi connectivity index (χ3n) is 1.35. The Morgan fingerprint density at radius 1 is 1.29 bits per heavy atom. The summed E-state index contributed by atoms with van der Waals surface area (Å²) in [6, 6.07) is 8.26. The van der Waals surface area contributed by atoms with E-state index in [0.29, 0.717) is 5.56 Å². The molecule has 0 heterocycles. The van der Waals surface area contributed by atoms with Crippen molar-refractivity contribution in [3.63, 3.8) is 0 Å². The first-order chi connectivity index (χ1) is 6.63. The highest BCUT2D eigenvalue weighted by atomic mass is 16.4. The number of aliphatic hydroxyl groups excluding tert-OH is 1. The first-order valence-electron chi connectivity index (χ1n) is 3.99. The fourth-order valence-electron chi connectivity index (χ4n) is 0.778. The number of ether oxygens (including phenoxy) is 1. The van der Waals surface area contributed by atoms with Gasteiger partial charge in [0.25, 0.3) is 0 Å². The predicted octanol–water partition coefficient (Wildman–Crippen LogP) is 1.07. The number of carbonyl (C=O) groups is 1. The van der Waals surface area contributed by atoms with E-state index in [1.165, 1.54) is 0 Å². The van der Waals surface area contributed by atoms with Crippen LogP contribution in [0.15, 0.2) is 30.3 Å². The lowest BCUT2D eigenvalue weighted by Crippen LogP contribution is -2.09. The Labute approximate surface area is 82.8 Å². The normalized spacial score (nSPS) is 11.1. The van der Waals surface area contributed by atoms with Crippen molar-refractivity contribution in [2.75, 3.05) is 14.2 Å². The van der Waals surface area contributed by atoms with Crippen LogP contribution in [0.5, 0.6) is 0 Å². The minimum absolute atomic E-state index is 0.403. The number of aliphatic hydroxyl groups is 1. The minimum atomic E-state index is -1.41. The van der Waals surface area contributed by atoms with Crippen LogP contribution in [0, 0.1) is 0 Å². The molecule has 1 unspecified atom stereocenters. The summed E-state index contributed by atoms with van der Waals surface area (Å²) >= 11 is 0. The molecule has 0 amide bonds. The molecule has 0 aromatic heterocycles. The Balaban J connectivity index is 0.000000500. The summed E-state index contributed by atoms with van der Waals surface area (Å²) in [5.41, 5.74) is 0.403. The molecule has 0 saturated carbocycles. The fraction of sp³-hybridized carbons (Fsp3) is 0.300. The van der Waals surface area contributed by atoms with E-state index in [2.05, 4.69) is 4.74 Å². The monoisotopic (exact) mass is 198 g/mol. The standard InChI is InChI=1S/C8H8O3.C2H6O/c9-7(8(10)11)6-4-2-1-3-5-6;1-3-2/h1-5,7,9H,(H,10,11);1-2H3. The number of benzene rings is 1. The minimum Gasteiger partial charge on any atom is -0.479 e. The van der Waals surface area contributed by atoms with Crippen molar-refractivity contribution in [3.05, 3.63) is 35.9 Å². The quantitative estimate of drug-likeness (QED) is 0.745. The van der Waals surface area contributed by atoms with Gasteiger partial charge in [0.15, 0.2) is 6.10 Å². The molecule has 4 nitrogen and oxygen atoms in total. The number of hydrogen-bond donors (Lipinski definition) is 2. The van der Waals surface area contributed by atoms with Crippen LogP contribution >= 0.6 is 0 Å². The van der Waals surface area contributed by atoms with Gasteiger partial charge in [0, 0.05) is 14.2 Å². The molecule has 0 aliphatic carbocycles. The van der Waals surface area contributed by atoms with Crippen LogP contribution in [0.25, 0.3) is 0 Å². The molecule has 78 valence electrons. The Kier molecular flexibility index (Phi) is 6.36. The zero-order valence-corrected chi connectivity index (χ0v) is 8.18. The smallest absolute Gasteiger partial charge is 0.337 e. The van der Waals surface area contributed by atoms with Gasteiger partial charge in [-0.25, -0.2) is 4.79 Å². The second-order valence-electron chi connectivity index (χ2n) is 2.56. The summed E-state index contributed by atoms with van der Waals surface area (Å²) in [6.45, 7) is 0. The van der Waals surface area contributed by atoms with Gasteiger partial charge in [-0.15, -0.1) is 0 Å². The Bertz CT molecular complexity index is 258. The van der Waals surface area contributed by atoms with Crippen LogP contribution in [0.1, 0.15) is 11.7 Å². The van der Waals surface area contributed by atoms with E-state index in [4.69, 9.17) is 10.2 Å². The number of aliphatic carboxylic acids is 1. The van der Waals surface area contributed by atoms with E-state index in [9.17, 15) is 4.79 Å². The number of carboxylic acid groups (broad SMARTS) is 1. The highest BCUT2D eigenvalue weighted by Gasteiger charge is 2.14. The van der Waals surface area contributed by atoms with Crippen molar-refractivity contribution >= 4 is 5.97 Å². The zero-order valence-electron chi connectivity index (χ0n) is 8.18. The first-order valence-corrected chi connectivity index (χ1v) is 3.99. The maximum absolute atomic E-state index is 10.2. The third-order valence-corrected chi connectivity index (χ3v) is 1.35. The Morgan fingerprint density at radius 3 is 2.07 bits per heavy atom. The second kappa shape index (κ2) is 7.06. The van der Waals surface area contributed by atoms with E-state index in [1.54, 1.807) is 44.6 Å². The molecule has 0 aliphatic rings. The Morgan fingerprint density at radius 2 is 1.71 bits per heavy atom. The fourth-order valence-corrected chi connectivity index (χ4v) is 0.778. The summed E-state index contributed by atoms with van der Waals surface area (Å²) in [7, 11) is 3.25. The molecule has 1 rings (SSSR count). The molecule has 4 heteroatoms. The molecule has 14 heavy (non-hydrogen) atoms. The maximum Gasteiger partial charge on any atom is 0.337 e. The number of methoxy groups -OCH3 is 1. The molecule has 0 bridgehead atoms. The lowest BCUT2D eigenvalue weighted by Gasteiger charge is -2.03. The van der Waals surface area contributed by atoms with Gasteiger partial charge in [0.05, 0.1) is 0 Å². The van der Waals surface area contributed by atoms with E-state index < -0.39 is 12.1 Å². The predicted molar refractivity (Wildman–Crippen MR) is 52.0 cm³/mol. The number of hydrogen-bond acceptors (Lipinski definition) is 3. The lowest BCUT2D eigenvalue weighted by atomic mass is 10.1. The van der Waals surface area contributed by atoms with E-state index in [-0.39, 0.29) is 0 Å². The SMILES string of the molecule is COC.O=C(O)C(O)c1ccccc1. The van der Waals surface area contributed by atoms with Crippen LogP contribution in [-0.4, -0.2) is 30.4 Å². The van der Waals surface area contributed by atoms with Crippen molar-refractivity contribution in [2.45, 2.75) is 6.10 Å². The van der Waals surface area contributed by atoms with Crippen LogP contribution in [-0.2, 0) is 9.53 Å². The first kappa shape index (κ1) is 12.6.